The summed E-state index contributed by atoms with van der Waals surface area (Å²) in [5, 5.41) is 8.57. The molecule has 10 aromatic rings. The van der Waals surface area contributed by atoms with Gasteiger partial charge in [0.25, 0.3) is 0 Å². The molecular formula is C47H29N3OS. The Morgan fingerprint density at radius 1 is 0.538 bits per heavy atom. The van der Waals surface area contributed by atoms with Gasteiger partial charge in [0, 0.05) is 58.9 Å². The lowest BCUT2D eigenvalue weighted by atomic mass is 9.84. The molecule has 0 aliphatic carbocycles. The molecule has 52 heavy (non-hydrogen) atoms. The first kappa shape index (κ1) is 29.2. The molecule has 1 atom stereocenters. The van der Waals surface area contributed by atoms with Crippen LogP contribution in [-0.4, -0.2) is 9.97 Å². The van der Waals surface area contributed by atoms with Crippen molar-refractivity contribution in [2.75, 3.05) is 5.32 Å². The van der Waals surface area contributed by atoms with Crippen molar-refractivity contribution in [3.05, 3.63) is 175 Å². The molecule has 4 heterocycles. The van der Waals surface area contributed by atoms with Gasteiger partial charge in [-0.25, -0.2) is 9.97 Å². The fourth-order valence-corrected chi connectivity index (χ4v) is 9.16. The minimum Gasteiger partial charge on any atom is -0.456 e. The summed E-state index contributed by atoms with van der Waals surface area (Å²) in [5.74, 6) is 0.705. The molecule has 5 heteroatoms. The van der Waals surface area contributed by atoms with Gasteiger partial charge in [-0.3, -0.25) is 0 Å². The maximum absolute atomic E-state index is 6.30. The van der Waals surface area contributed by atoms with E-state index in [1.807, 2.05) is 29.5 Å². The fourth-order valence-electron chi connectivity index (χ4n) is 7.94. The van der Waals surface area contributed by atoms with Crippen LogP contribution in [0.25, 0.3) is 87.1 Å². The first-order valence-corrected chi connectivity index (χ1v) is 18.3. The van der Waals surface area contributed by atoms with Crippen LogP contribution in [0.4, 0.5) is 5.69 Å². The Balaban J connectivity index is 1.14. The Morgan fingerprint density at radius 3 is 2.13 bits per heavy atom. The van der Waals surface area contributed by atoms with Gasteiger partial charge in [-0.1, -0.05) is 121 Å². The highest BCUT2D eigenvalue weighted by Crippen LogP contribution is 2.51. The van der Waals surface area contributed by atoms with Crippen LogP contribution in [-0.2, 0) is 0 Å². The summed E-state index contributed by atoms with van der Waals surface area (Å²) < 4.78 is 8.73. The maximum Gasteiger partial charge on any atom is 0.161 e. The van der Waals surface area contributed by atoms with E-state index in [1.165, 1.54) is 42.4 Å². The van der Waals surface area contributed by atoms with Gasteiger partial charge in [0.1, 0.15) is 11.2 Å². The summed E-state index contributed by atoms with van der Waals surface area (Å²) in [7, 11) is 0. The van der Waals surface area contributed by atoms with Crippen molar-refractivity contribution in [1.82, 2.24) is 9.97 Å². The maximum atomic E-state index is 6.30. The van der Waals surface area contributed by atoms with Gasteiger partial charge in [-0.2, -0.15) is 0 Å². The average molecular weight is 684 g/mol. The van der Waals surface area contributed by atoms with E-state index in [9.17, 15) is 0 Å². The predicted octanol–water partition coefficient (Wildman–Crippen LogP) is 12.9. The Bertz CT molecular complexity index is 3000. The van der Waals surface area contributed by atoms with Crippen LogP contribution in [0.3, 0.4) is 0 Å². The van der Waals surface area contributed by atoms with Crippen molar-refractivity contribution in [2.24, 2.45) is 0 Å². The van der Waals surface area contributed by atoms with Crippen LogP contribution >= 0.6 is 11.3 Å². The van der Waals surface area contributed by atoms with Crippen molar-refractivity contribution >= 4 is 59.1 Å². The van der Waals surface area contributed by atoms with Crippen LogP contribution < -0.4 is 5.32 Å². The third-order valence-electron chi connectivity index (χ3n) is 10.3. The van der Waals surface area contributed by atoms with E-state index in [2.05, 4.69) is 151 Å². The van der Waals surface area contributed by atoms with Crippen molar-refractivity contribution in [1.29, 1.82) is 0 Å². The zero-order valence-corrected chi connectivity index (χ0v) is 28.7. The second-order valence-corrected chi connectivity index (χ2v) is 14.4. The minimum atomic E-state index is 0.0474. The first-order chi connectivity index (χ1) is 25.8. The molecule has 244 valence electrons. The Labute approximate surface area is 303 Å². The molecule has 0 saturated heterocycles. The highest BCUT2D eigenvalue weighted by atomic mass is 32.1. The van der Waals surface area contributed by atoms with E-state index in [0.717, 1.165) is 55.7 Å². The number of aromatic nitrogens is 2. The topological polar surface area (TPSA) is 51.0 Å². The van der Waals surface area contributed by atoms with E-state index in [0.29, 0.717) is 5.82 Å². The second-order valence-electron chi connectivity index (χ2n) is 13.4. The van der Waals surface area contributed by atoms with Crippen LogP contribution in [0.5, 0.6) is 0 Å². The smallest absolute Gasteiger partial charge is 0.161 e. The van der Waals surface area contributed by atoms with Crippen LogP contribution in [0.1, 0.15) is 17.2 Å². The molecule has 0 amide bonds. The van der Waals surface area contributed by atoms with Gasteiger partial charge in [-0.15, -0.1) is 11.3 Å². The lowest BCUT2D eigenvalue weighted by Crippen LogP contribution is -2.18. The molecule has 4 nitrogen and oxygen atoms in total. The standard InChI is InChI=1S/C47H29N3OS/c1-3-12-28(13-4-1)38-27-39(30-22-23-32-31-16-8-10-21-40(31)51-41(32)26-30)50-47(49-38)36-19-11-18-35-44-42(52-46(35)36)25-24-34-43(44)33-17-7-9-20-37(33)48-45(34)29-14-5-2-6-15-29/h1-27,45,48H. The summed E-state index contributed by atoms with van der Waals surface area (Å²) in [6.45, 7) is 0. The number of benzene rings is 7. The molecule has 1 aliphatic heterocycles. The quantitative estimate of drug-likeness (QED) is 0.201. The number of thiophene rings is 1. The predicted molar refractivity (Wildman–Crippen MR) is 216 cm³/mol. The summed E-state index contributed by atoms with van der Waals surface area (Å²) >= 11 is 1.82. The van der Waals surface area contributed by atoms with E-state index < -0.39 is 0 Å². The van der Waals surface area contributed by atoms with E-state index >= 15 is 0 Å². The van der Waals surface area contributed by atoms with Gasteiger partial charge < -0.3 is 9.73 Å². The molecule has 1 N–H and O–H groups in total. The lowest BCUT2D eigenvalue weighted by Gasteiger charge is -2.31. The van der Waals surface area contributed by atoms with Crippen molar-refractivity contribution in [3.63, 3.8) is 0 Å². The van der Waals surface area contributed by atoms with Crippen LogP contribution in [0, 0.1) is 0 Å². The molecule has 3 aromatic heterocycles. The summed E-state index contributed by atoms with van der Waals surface area (Å²) in [6.07, 6.45) is 0. The third-order valence-corrected chi connectivity index (χ3v) is 11.6. The van der Waals surface area contributed by atoms with Crippen molar-refractivity contribution < 1.29 is 4.42 Å². The minimum absolute atomic E-state index is 0.0474. The molecule has 0 radical (unpaired) electrons. The fraction of sp³-hybridized carbons (Fsp3) is 0.0213. The zero-order valence-electron chi connectivity index (χ0n) is 27.9. The number of anilines is 1. The average Bonchev–Trinajstić information content (AvgIpc) is 3.79. The molecule has 1 unspecified atom stereocenters. The molecule has 0 spiro atoms. The van der Waals surface area contributed by atoms with Gasteiger partial charge in [0.15, 0.2) is 5.82 Å². The molecule has 7 aromatic carbocycles. The largest absolute Gasteiger partial charge is 0.456 e. The van der Waals surface area contributed by atoms with Crippen molar-refractivity contribution in [3.8, 4) is 45.0 Å². The van der Waals surface area contributed by atoms with Crippen molar-refractivity contribution in [2.45, 2.75) is 6.04 Å². The number of nitrogens with one attached hydrogen (secondary N) is 1. The normalized spacial score (nSPS) is 13.7. The van der Waals surface area contributed by atoms with Gasteiger partial charge in [-0.05, 0) is 59.2 Å². The number of nitrogens with zero attached hydrogens (tertiary/aromatic N) is 2. The molecular weight excluding hydrogens is 655 g/mol. The summed E-state index contributed by atoms with van der Waals surface area (Å²) in [4.78, 5) is 10.6. The number of fused-ring (bicyclic) bond motifs is 10. The Hall–Kier alpha value is -6.56. The van der Waals surface area contributed by atoms with Crippen LogP contribution in [0.2, 0.25) is 0 Å². The third kappa shape index (κ3) is 4.53. The molecule has 11 rings (SSSR count). The van der Waals surface area contributed by atoms with Gasteiger partial charge in [0.05, 0.1) is 17.4 Å². The second kappa shape index (κ2) is 11.5. The number of hydrogen-bond donors (Lipinski definition) is 1. The molecule has 0 bridgehead atoms. The molecule has 0 saturated carbocycles. The lowest BCUT2D eigenvalue weighted by molar-refractivity contribution is 0.669. The number of para-hydroxylation sites is 2. The SMILES string of the molecule is c1ccc(-c2cc(-c3ccc4c(c3)oc3ccccc34)nc(-c3cccc4c3sc3ccc5c(c34)-c3ccccc3NC5c3ccccc3)n2)cc1. The highest BCUT2D eigenvalue weighted by Gasteiger charge is 2.28. The Kier molecular flexibility index (Phi) is 6.45. The van der Waals surface area contributed by atoms with E-state index in [1.54, 1.807) is 0 Å². The highest BCUT2D eigenvalue weighted by molar-refractivity contribution is 7.26. The van der Waals surface area contributed by atoms with Gasteiger partial charge >= 0.3 is 0 Å². The van der Waals surface area contributed by atoms with Crippen LogP contribution in [0.15, 0.2) is 168 Å². The monoisotopic (exact) mass is 683 g/mol. The van der Waals surface area contributed by atoms with Gasteiger partial charge in [0.2, 0.25) is 0 Å². The Morgan fingerprint density at radius 2 is 1.25 bits per heavy atom. The van der Waals surface area contributed by atoms with E-state index in [-0.39, 0.29) is 6.04 Å². The summed E-state index contributed by atoms with van der Waals surface area (Å²) in [5.41, 5.74) is 12.7. The zero-order chi connectivity index (χ0) is 34.2. The summed E-state index contributed by atoms with van der Waals surface area (Å²) in [6, 6.07) is 57.7. The number of hydrogen-bond acceptors (Lipinski definition) is 5. The number of furan rings is 1. The number of rotatable bonds is 4. The first-order valence-electron chi connectivity index (χ1n) is 17.5. The van der Waals surface area contributed by atoms with E-state index in [4.69, 9.17) is 14.4 Å². The molecule has 0 fully saturated rings. The molecule has 1 aliphatic rings.